The van der Waals surface area contributed by atoms with Crippen molar-refractivity contribution in [3.8, 4) is 0 Å². The molecule has 0 saturated carbocycles. The van der Waals surface area contributed by atoms with E-state index in [9.17, 15) is 31.5 Å². The summed E-state index contributed by atoms with van der Waals surface area (Å²) in [5.41, 5.74) is -0.430. The standard InChI is InChI=1S/C16H24F5NO4S/c1-9(2)12(23)26-15(16(19,20)21,25-8-7-14(17,18)27)13(24)22(10(3)4)11(5)6/h10-11,27H,1,7-8H2,2-6H3. The SMILES string of the molecule is C=C(C)C(=O)OC(OCCC(F)(F)S)(C(=O)N(C(C)C)C(C)C)C(F)(F)F. The fourth-order valence-corrected chi connectivity index (χ4v) is 2.26. The van der Waals surface area contributed by atoms with Crippen LogP contribution in [0.5, 0.6) is 0 Å². The number of esters is 1. The van der Waals surface area contributed by atoms with E-state index in [1.807, 2.05) is 0 Å². The number of ether oxygens (including phenoxy) is 2. The third kappa shape index (κ3) is 6.95. The summed E-state index contributed by atoms with van der Waals surface area (Å²) in [6.45, 7) is 8.77. The smallest absolute Gasteiger partial charge is 0.412 e. The van der Waals surface area contributed by atoms with Crippen LogP contribution in [0.2, 0.25) is 0 Å². The second-order valence-electron chi connectivity index (χ2n) is 6.45. The predicted molar refractivity (Wildman–Crippen MR) is 91.3 cm³/mol. The summed E-state index contributed by atoms with van der Waals surface area (Å²) in [4.78, 5) is 25.4. The molecule has 0 aromatic carbocycles. The van der Waals surface area contributed by atoms with E-state index in [4.69, 9.17) is 0 Å². The second kappa shape index (κ2) is 9.22. The number of hydrogen-bond acceptors (Lipinski definition) is 5. The Morgan fingerprint density at radius 2 is 1.52 bits per heavy atom. The van der Waals surface area contributed by atoms with Gasteiger partial charge in [0, 0.05) is 24.1 Å². The zero-order valence-corrected chi connectivity index (χ0v) is 16.6. The minimum atomic E-state index is -5.54. The van der Waals surface area contributed by atoms with Gasteiger partial charge < -0.3 is 14.4 Å². The molecule has 0 rings (SSSR count). The molecule has 158 valence electrons. The van der Waals surface area contributed by atoms with Crippen LogP contribution in [-0.4, -0.2) is 52.7 Å². The Bertz CT molecular complexity index is 552. The van der Waals surface area contributed by atoms with Crippen molar-refractivity contribution in [2.24, 2.45) is 0 Å². The van der Waals surface area contributed by atoms with Gasteiger partial charge in [0.1, 0.15) is 0 Å². The van der Waals surface area contributed by atoms with Gasteiger partial charge in [0.2, 0.25) is 0 Å². The van der Waals surface area contributed by atoms with Crippen LogP contribution in [-0.2, 0) is 19.1 Å². The monoisotopic (exact) mass is 421 g/mol. The number of amides is 1. The van der Waals surface area contributed by atoms with Crippen molar-refractivity contribution < 1.29 is 41.0 Å². The fourth-order valence-electron chi connectivity index (χ4n) is 2.17. The van der Waals surface area contributed by atoms with Gasteiger partial charge in [0.25, 0.3) is 5.25 Å². The van der Waals surface area contributed by atoms with Crippen molar-refractivity contribution in [1.82, 2.24) is 4.90 Å². The quantitative estimate of drug-likeness (QED) is 0.201. The fraction of sp³-hybridized carbons (Fsp3) is 0.750. The Morgan fingerprint density at radius 1 is 1.07 bits per heavy atom. The summed E-state index contributed by atoms with van der Waals surface area (Å²) < 4.78 is 76.3. The minimum absolute atomic E-state index is 0.430. The third-order valence-electron chi connectivity index (χ3n) is 3.29. The molecule has 0 heterocycles. The molecule has 0 saturated heterocycles. The zero-order valence-electron chi connectivity index (χ0n) is 15.7. The van der Waals surface area contributed by atoms with Gasteiger partial charge in [-0.2, -0.15) is 22.0 Å². The first-order valence-corrected chi connectivity index (χ1v) is 8.43. The van der Waals surface area contributed by atoms with Crippen LogP contribution in [0, 0.1) is 0 Å². The molecule has 1 unspecified atom stereocenters. The molecule has 0 aliphatic heterocycles. The highest BCUT2D eigenvalue weighted by atomic mass is 32.1. The van der Waals surface area contributed by atoms with Crippen molar-refractivity contribution in [2.75, 3.05) is 6.61 Å². The summed E-state index contributed by atoms with van der Waals surface area (Å²) in [7, 11) is 0. The minimum Gasteiger partial charge on any atom is -0.412 e. The van der Waals surface area contributed by atoms with Crippen molar-refractivity contribution in [3.63, 3.8) is 0 Å². The summed E-state index contributed by atoms with van der Waals surface area (Å²) in [6, 6.07) is -1.45. The van der Waals surface area contributed by atoms with Crippen LogP contribution in [0.4, 0.5) is 22.0 Å². The lowest BCUT2D eigenvalue weighted by Gasteiger charge is -2.40. The van der Waals surface area contributed by atoms with Crippen LogP contribution in [0.1, 0.15) is 41.0 Å². The zero-order chi connectivity index (χ0) is 21.8. The number of rotatable bonds is 9. The highest BCUT2D eigenvalue weighted by Crippen LogP contribution is 2.39. The van der Waals surface area contributed by atoms with E-state index >= 15 is 0 Å². The third-order valence-corrected chi connectivity index (χ3v) is 3.52. The van der Waals surface area contributed by atoms with Gasteiger partial charge in [-0.25, -0.2) is 4.79 Å². The largest absolute Gasteiger partial charge is 0.466 e. The van der Waals surface area contributed by atoms with Crippen LogP contribution in [0.25, 0.3) is 0 Å². The molecule has 0 spiro atoms. The topological polar surface area (TPSA) is 55.8 Å². The number of carbonyl (C=O) groups is 2. The van der Waals surface area contributed by atoms with E-state index in [0.29, 0.717) is 0 Å². The van der Waals surface area contributed by atoms with E-state index < -0.39 is 59.8 Å². The van der Waals surface area contributed by atoms with E-state index in [1.54, 1.807) is 0 Å². The van der Waals surface area contributed by atoms with Gasteiger partial charge in [0.15, 0.2) is 0 Å². The first-order valence-electron chi connectivity index (χ1n) is 7.98. The summed E-state index contributed by atoms with van der Waals surface area (Å²) in [5.74, 6) is -7.36. The van der Waals surface area contributed by atoms with Crippen LogP contribution in [0.3, 0.4) is 0 Å². The molecular weight excluding hydrogens is 397 g/mol. The molecule has 0 bridgehead atoms. The predicted octanol–water partition coefficient (Wildman–Crippen LogP) is 3.94. The van der Waals surface area contributed by atoms with Crippen molar-refractivity contribution in [3.05, 3.63) is 12.2 Å². The first-order chi connectivity index (χ1) is 12.0. The maximum absolute atomic E-state index is 13.9. The molecule has 1 atom stereocenters. The Balaban J connectivity index is 6.23. The summed E-state index contributed by atoms with van der Waals surface area (Å²) in [5, 5.41) is -3.64. The molecule has 0 aliphatic rings. The average molecular weight is 421 g/mol. The molecule has 11 heteroatoms. The number of carbonyl (C=O) groups excluding carboxylic acids is 2. The molecule has 0 N–H and O–H groups in total. The van der Waals surface area contributed by atoms with Crippen LogP contribution >= 0.6 is 12.6 Å². The van der Waals surface area contributed by atoms with Crippen molar-refractivity contribution >= 4 is 24.5 Å². The number of nitrogens with zero attached hydrogens (tertiary/aromatic N) is 1. The number of thiol groups is 1. The van der Waals surface area contributed by atoms with E-state index in [1.165, 1.54) is 27.7 Å². The molecule has 0 aliphatic carbocycles. The lowest BCUT2D eigenvalue weighted by molar-refractivity contribution is -0.352. The average Bonchev–Trinajstić information content (AvgIpc) is 2.42. The van der Waals surface area contributed by atoms with Gasteiger partial charge in [0.05, 0.1) is 6.61 Å². The highest BCUT2D eigenvalue weighted by Gasteiger charge is 2.68. The van der Waals surface area contributed by atoms with Gasteiger partial charge in [-0.15, -0.1) is 12.6 Å². The Morgan fingerprint density at radius 3 is 1.81 bits per heavy atom. The lowest BCUT2D eigenvalue weighted by atomic mass is 10.1. The number of hydrogen-bond donors (Lipinski definition) is 1. The first kappa shape index (κ1) is 25.6. The lowest BCUT2D eigenvalue weighted by Crippen LogP contribution is -2.64. The van der Waals surface area contributed by atoms with E-state index in [0.717, 1.165) is 11.8 Å². The molecule has 1 amide bonds. The summed E-state index contributed by atoms with van der Waals surface area (Å²) >= 11 is 2.91. The van der Waals surface area contributed by atoms with Gasteiger partial charge >= 0.3 is 23.8 Å². The molecular formula is C16H24F5NO4S. The second-order valence-corrected chi connectivity index (χ2v) is 7.10. The Labute approximate surface area is 160 Å². The van der Waals surface area contributed by atoms with Gasteiger partial charge in [-0.3, -0.25) is 4.79 Å². The van der Waals surface area contributed by atoms with E-state index in [2.05, 4.69) is 28.7 Å². The molecule has 0 aromatic heterocycles. The number of alkyl halides is 5. The molecule has 0 fully saturated rings. The van der Waals surface area contributed by atoms with Crippen molar-refractivity contribution in [1.29, 1.82) is 0 Å². The maximum atomic E-state index is 13.9. The normalized spacial score (nSPS) is 14.9. The maximum Gasteiger partial charge on any atom is 0.466 e. The molecule has 0 aromatic rings. The molecule has 0 radical (unpaired) electrons. The van der Waals surface area contributed by atoms with Crippen molar-refractivity contribution in [2.45, 2.75) is 70.3 Å². The number of halogens is 5. The van der Waals surface area contributed by atoms with E-state index in [-0.39, 0.29) is 0 Å². The highest BCUT2D eigenvalue weighted by molar-refractivity contribution is 7.81. The van der Waals surface area contributed by atoms with Gasteiger partial charge in [-0.1, -0.05) is 6.58 Å². The Kier molecular flexibility index (Phi) is 8.76. The molecule has 5 nitrogen and oxygen atoms in total. The Hall–Kier alpha value is -1.36. The van der Waals surface area contributed by atoms with Crippen LogP contribution < -0.4 is 0 Å². The van der Waals surface area contributed by atoms with Crippen LogP contribution in [0.15, 0.2) is 12.2 Å². The molecule has 27 heavy (non-hydrogen) atoms. The summed E-state index contributed by atoms with van der Waals surface area (Å²) in [6.07, 6.45) is -6.78. The van der Waals surface area contributed by atoms with Gasteiger partial charge in [-0.05, 0) is 34.6 Å².